The average molecular weight is 202 g/mol. The third-order valence-electron chi connectivity index (χ3n) is 0. The fourth-order valence-electron chi connectivity index (χ4n) is 0. The summed E-state index contributed by atoms with van der Waals surface area (Å²) >= 11 is 0. The molecule has 0 aromatic rings. The molecule has 0 aliphatic carbocycles. The van der Waals surface area contributed by atoms with Crippen LogP contribution in [0.15, 0.2) is 0 Å². The minimum absolute atomic E-state index is 0. The maximum atomic E-state index is 10.2. The Hall–Kier alpha value is 0.964. The summed E-state index contributed by atoms with van der Waals surface area (Å²) in [5.41, 5.74) is 0. The van der Waals surface area contributed by atoms with Crippen LogP contribution in [-0.2, 0) is 32.7 Å². The Balaban J connectivity index is -0.00000000567. The summed E-state index contributed by atoms with van der Waals surface area (Å²) in [6, 6.07) is 0. The summed E-state index contributed by atoms with van der Waals surface area (Å²) in [4.78, 5) is 0. The fraction of sp³-hybridized carbons (Fsp3) is 0.800. The zero-order valence-electron chi connectivity index (χ0n) is 3.75. The number of hydrogen-bond donors (Lipinski definition) is 0. The Morgan fingerprint density at radius 2 is 1.25 bits per heavy atom. The Morgan fingerprint density at radius 1 is 1.25 bits per heavy atom. The Kier molecular flexibility index (Phi) is 453. The smallest absolute Gasteiger partial charge is 0.0785 e. The van der Waals surface area contributed by atoms with Crippen LogP contribution in [0.25, 0.3) is 0 Å². The van der Waals surface area contributed by atoms with Crippen LogP contribution in [-0.4, -0.2) is 13.9 Å². The van der Waals surface area contributed by atoms with E-state index in [0.717, 1.165) is 0 Å². The van der Waals surface area contributed by atoms with Crippen molar-refractivity contribution in [2.45, 2.75) is 14.9 Å². The maximum Gasteiger partial charge on any atom is 0.0785 e. The van der Waals surface area contributed by atoms with E-state index in [0.29, 0.717) is 7.18 Å². The molecule has 0 atom stereocenters. The van der Waals surface area contributed by atoms with Gasteiger partial charge >= 0.3 is 0 Å². The number of rotatable bonds is 0. The van der Waals surface area contributed by atoms with E-state index in [1.54, 1.807) is 0 Å². The molecule has 0 unspecified atom stereocenters. The molecule has 8 heavy (non-hydrogen) atoms. The van der Waals surface area contributed by atoms with Crippen molar-refractivity contribution in [3.8, 4) is 0 Å². The zero-order valence-corrected chi connectivity index (χ0v) is 6.59. The van der Waals surface area contributed by atoms with Gasteiger partial charge in [-0.25, -0.2) is 0 Å². The first-order valence-corrected chi connectivity index (χ1v) is 1.15. The van der Waals surface area contributed by atoms with Crippen molar-refractivity contribution in [3.05, 3.63) is 6.92 Å². The molecule has 0 saturated heterocycles. The topological polar surface area (TPSA) is 0 Å². The van der Waals surface area contributed by atoms with Crippen molar-refractivity contribution in [3.63, 3.8) is 0 Å². The molecule has 0 nitrogen and oxygen atoms in total. The first-order chi connectivity index (χ1) is 2.41. The summed E-state index contributed by atoms with van der Waals surface area (Å²) < 4.78 is 19.7. The van der Waals surface area contributed by atoms with Gasteiger partial charge in [0.15, 0.2) is 0 Å². The monoisotopic (exact) mass is 202 g/mol. The fourth-order valence-corrected chi connectivity index (χ4v) is 0. The molecular formula is C5H15F2Y-. The molecule has 0 N–H and O–H groups in total. The predicted octanol–water partition coefficient (Wildman–Crippen LogP) is 2.65. The molecule has 0 fully saturated rings. The Morgan fingerprint density at radius 3 is 1.25 bits per heavy atom. The molecule has 0 amide bonds. The van der Waals surface area contributed by atoms with Crippen molar-refractivity contribution in [1.82, 2.24) is 0 Å². The summed E-state index contributed by atoms with van der Waals surface area (Å²) in [5, 5.41) is 0. The molecule has 53 valence electrons. The van der Waals surface area contributed by atoms with Gasteiger partial charge in [-0.15, -0.1) is 0 Å². The van der Waals surface area contributed by atoms with Crippen LogP contribution >= 0.6 is 0 Å². The van der Waals surface area contributed by atoms with E-state index in [9.17, 15) is 8.78 Å². The van der Waals surface area contributed by atoms with Crippen LogP contribution in [0.3, 0.4) is 0 Å². The van der Waals surface area contributed by atoms with Crippen LogP contribution in [0.1, 0.15) is 14.9 Å². The van der Waals surface area contributed by atoms with E-state index in [4.69, 9.17) is 0 Å². The molecular weight excluding hydrogens is 187 g/mol. The quantitative estimate of drug-likeness (QED) is 0.529. The molecule has 1 radical (unpaired) electrons. The minimum atomic E-state index is -0.500. The maximum absolute atomic E-state index is 10.2. The van der Waals surface area contributed by atoms with Gasteiger partial charge < -0.3 is 6.92 Å². The Bertz CT molecular complexity index is 10.4. The third kappa shape index (κ3) is 267. The van der Waals surface area contributed by atoms with Gasteiger partial charge in [-0.05, 0) is 6.67 Å². The minimum Gasteiger partial charge on any atom is -0.313 e. The normalized spacial score (nSPS) is 3.00. The molecule has 0 aliphatic rings. The summed E-state index contributed by atoms with van der Waals surface area (Å²) in [6.07, 6.45) is 0. The summed E-state index contributed by atoms with van der Waals surface area (Å²) in [7, 11) is 0.500. The number of halogens is 2. The molecule has 0 rings (SSSR count). The van der Waals surface area contributed by atoms with Gasteiger partial charge in [-0.3, -0.25) is 8.78 Å². The second-order valence-corrected chi connectivity index (χ2v) is 0.189. The second kappa shape index (κ2) is 100. The summed E-state index contributed by atoms with van der Waals surface area (Å²) in [5.74, 6) is 0. The van der Waals surface area contributed by atoms with Crippen molar-refractivity contribution < 1.29 is 41.5 Å². The van der Waals surface area contributed by atoms with Crippen LogP contribution in [0, 0.1) is 6.92 Å². The first-order valence-electron chi connectivity index (χ1n) is 1.15. The molecule has 3 heteroatoms. The Labute approximate surface area is 76.9 Å². The van der Waals surface area contributed by atoms with E-state index in [-0.39, 0.29) is 47.6 Å². The van der Waals surface area contributed by atoms with Gasteiger partial charge in [-0.1, -0.05) is 14.9 Å². The van der Waals surface area contributed by atoms with Gasteiger partial charge in [0, 0.05) is 32.7 Å². The largest absolute Gasteiger partial charge is 0.313 e. The second-order valence-electron chi connectivity index (χ2n) is 0.189. The molecule has 0 aromatic heterocycles. The van der Waals surface area contributed by atoms with Crippen LogP contribution < -0.4 is 0 Å². The molecule has 0 heterocycles. The first kappa shape index (κ1) is 36.2. The molecule has 0 aromatic carbocycles. The number of hydrogen-bond acceptors (Lipinski definition) is 0. The van der Waals surface area contributed by atoms with E-state index in [1.807, 2.05) is 0 Å². The molecule has 0 bridgehead atoms. The SMILES string of the molecule is C.C.CF.[CH2-]CF.[Y]. The van der Waals surface area contributed by atoms with Crippen LogP contribution in [0.4, 0.5) is 8.78 Å². The van der Waals surface area contributed by atoms with Gasteiger partial charge in [0.25, 0.3) is 0 Å². The van der Waals surface area contributed by atoms with Crippen molar-refractivity contribution in [2.75, 3.05) is 13.9 Å². The van der Waals surface area contributed by atoms with Crippen molar-refractivity contribution >= 4 is 0 Å². The van der Waals surface area contributed by atoms with E-state index < -0.39 is 6.67 Å². The van der Waals surface area contributed by atoms with Gasteiger partial charge in [0.05, 0.1) is 7.18 Å². The zero-order chi connectivity index (χ0) is 4.71. The van der Waals surface area contributed by atoms with E-state index in [2.05, 4.69) is 6.92 Å². The van der Waals surface area contributed by atoms with Crippen LogP contribution in [0.2, 0.25) is 0 Å². The van der Waals surface area contributed by atoms with Crippen LogP contribution in [0.5, 0.6) is 0 Å². The molecule has 0 spiro atoms. The molecule has 0 aliphatic heterocycles. The van der Waals surface area contributed by atoms with Crippen molar-refractivity contribution in [2.24, 2.45) is 0 Å². The summed E-state index contributed by atoms with van der Waals surface area (Å²) in [6.45, 7) is 2.32. The van der Waals surface area contributed by atoms with Gasteiger partial charge in [0.1, 0.15) is 0 Å². The average Bonchev–Trinajstić information content (AvgIpc) is 1.46. The van der Waals surface area contributed by atoms with E-state index in [1.165, 1.54) is 0 Å². The predicted molar refractivity (Wildman–Crippen MR) is 31.8 cm³/mol. The number of alkyl halides is 2. The van der Waals surface area contributed by atoms with Gasteiger partial charge in [0.2, 0.25) is 0 Å². The van der Waals surface area contributed by atoms with E-state index >= 15 is 0 Å². The molecule has 0 saturated carbocycles. The van der Waals surface area contributed by atoms with Crippen molar-refractivity contribution in [1.29, 1.82) is 0 Å². The van der Waals surface area contributed by atoms with Gasteiger partial charge in [-0.2, -0.15) is 0 Å². The third-order valence-corrected chi connectivity index (χ3v) is 0. The standard InChI is InChI=1S/C2H4F.CH3F.2CH4.Y/c1-2-3;1-2;;;/h1-2H2;1H3;2*1H4;/q-1;;;;.